The third kappa shape index (κ3) is 3.55. The zero-order valence-electron chi connectivity index (χ0n) is 12.5. The molecule has 3 rings (SSSR count). The lowest BCUT2D eigenvalue weighted by Gasteiger charge is -2.07. The molecule has 23 heavy (non-hydrogen) atoms. The summed E-state index contributed by atoms with van der Waals surface area (Å²) in [6, 6.07) is 15.0. The predicted octanol–water partition coefficient (Wildman–Crippen LogP) is 2.37. The molecular formula is C17H15N3O3. The minimum atomic E-state index is -0.626. The molecule has 6 nitrogen and oxygen atoms in total. The molecule has 0 fully saturated rings. The first-order valence-electron chi connectivity index (χ1n) is 7.07. The van der Waals surface area contributed by atoms with Crippen molar-refractivity contribution in [1.82, 2.24) is 9.78 Å². The summed E-state index contributed by atoms with van der Waals surface area (Å²) in [4.78, 5) is 23.6. The average Bonchev–Trinajstić information content (AvgIpc) is 2.99. The van der Waals surface area contributed by atoms with Crippen LogP contribution in [0.1, 0.15) is 10.5 Å². The second kappa shape index (κ2) is 6.31. The number of fused-ring (bicyclic) bond motifs is 1. The number of nitrogens with zero attached hydrogens (tertiary/aromatic N) is 2. The molecule has 0 aliphatic heterocycles. The van der Waals surface area contributed by atoms with E-state index in [0.717, 1.165) is 10.8 Å². The molecule has 3 aromatic rings. The van der Waals surface area contributed by atoms with Crippen molar-refractivity contribution < 1.29 is 14.3 Å². The molecule has 0 bridgehead atoms. The van der Waals surface area contributed by atoms with E-state index in [1.165, 1.54) is 10.7 Å². The Bertz CT molecular complexity index is 870. The van der Waals surface area contributed by atoms with E-state index in [4.69, 9.17) is 4.74 Å². The van der Waals surface area contributed by atoms with Crippen LogP contribution >= 0.6 is 0 Å². The summed E-state index contributed by atoms with van der Waals surface area (Å²) >= 11 is 0. The van der Waals surface area contributed by atoms with Crippen molar-refractivity contribution in [3.8, 4) is 0 Å². The van der Waals surface area contributed by atoms with Gasteiger partial charge >= 0.3 is 5.97 Å². The van der Waals surface area contributed by atoms with Gasteiger partial charge in [-0.05, 0) is 29.0 Å². The summed E-state index contributed by atoms with van der Waals surface area (Å²) in [5.74, 6) is -1.02. The minimum Gasteiger partial charge on any atom is -0.451 e. The van der Waals surface area contributed by atoms with Gasteiger partial charge in [0.25, 0.3) is 5.91 Å². The molecule has 0 unspecified atom stereocenters. The van der Waals surface area contributed by atoms with Crippen molar-refractivity contribution in [2.45, 2.75) is 0 Å². The first-order valence-corrected chi connectivity index (χ1v) is 7.07. The Morgan fingerprint density at radius 3 is 2.65 bits per heavy atom. The smallest absolute Gasteiger partial charge is 0.359 e. The number of ether oxygens (including phenoxy) is 1. The van der Waals surface area contributed by atoms with Gasteiger partial charge in [-0.2, -0.15) is 5.10 Å². The van der Waals surface area contributed by atoms with Crippen LogP contribution in [0.15, 0.2) is 54.7 Å². The first kappa shape index (κ1) is 14.8. The number of rotatable bonds is 4. The molecule has 0 saturated carbocycles. The fraction of sp³-hybridized carbons (Fsp3) is 0.118. The van der Waals surface area contributed by atoms with Gasteiger partial charge in [-0.1, -0.05) is 30.3 Å². The van der Waals surface area contributed by atoms with E-state index >= 15 is 0 Å². The van der Waals surface area contributed by atoms with E-state index < -0.39 is 11.9 Å². The first-order chi connectivity index (χ1) is 11.1. The Labute approximate surface area is 132 Å². The number of aryl methyl sites for hydroxylation is 1. The van der Waals surface area contributed by atoms with Crippen molar-refractivity contribution in [2.75, 3.05) is 11.9 Å². The Morgan fingerprint density at radius 1 is 1.13 bits per heavy atom. The molecule has 116 valence electrons. The largest absolute Gasteiger partial charge is 0.451 e. The summed E-state index contributed by atoms with van der Waals surface area (Å²) in [6.45, 7) is -0.359. The molecule has 1 heterocycles. The van der Waals surface area contributed by atoms with E-state index in [9.17, 15) is 9.59 Å². The van der Waals surface area contributed by atoms with Gasteiger partial charge in [0.2, 0.25) is 0 Å². The zero-order valence-corrected chi connectivity index (χ0v) is 12.5. The molecule has 0 aliphatic carbocycles. The lowest BCUT2D eigenvalue weighted by atomic mass is 10.1. The standard InChI is InChI=1S/C17H15N3O3/c1-20-9-8-15(19-20)17(22)23-11-16(21)18-14-7-6-12-4-2-3-5-13(12)10-14/h2-10H,11H2,1H3,(H,18,21). The lowest BCUT2D eigenvalue weighted by molar-refractivity contribution is -0.119. The number of carbonyl (C=O) groups excluding carboxylic acids is 2. The fourth-order valence-electron chi connectivity index (χ4n) is 2.19. The second-order valence-corrected chi connectivity index (χ2v) is 5.06. The summed E-state index contributed by atoms with van der Waals surface area (Å²) in [5.41, 5.74) is 0.827. The maximum Gasteiger partial charge on any atom is 0.359 e. The van der Waals surface area contributed by atoms with Crippen molar-refractivity contribution >= 4 is 28.3 Å². The Kier molecular flexibility index (Phi) is 4.05. The van der Waals surface area contributed by atoms with Crippen LogP contribution in [-0.4, -0.2) is 28.3 Å². The fourth-order valence-corrected chi connectivity index (χ4v) is 2.19. The third-order valence-corrected chi connectivity index (χ3v) is 3.29. The number of esters is 1. The van der Waals surface area contributed by atoms with Gasteiger partial charge in [0.15, 0.2) is 12.3 Å². The number of carbonyl (C=O) groups is 2. The van der Waals surface area contributed by atoms with Crippen LogP contribution in [-0.2, 0) is 16.6 Å². The second-order valence-electron chi connectivity index (χ2n) is 5.06. The van der Waals surface area contributed by atoms with Crippen molar-refractivity contribution in [3.05, 3.63) is 60.4 Å². The highest BCUT2D eigenvalue weighted by Gasteiger charge is 2.12. The molecule has 1 N–H and O–H groups in total. The number of hydrogen-bond donors (Lipinski definition) is 1. The number of amides is 1. The quantitative estimate of drug-likeness (QED) is 0.751. The Morgan fingerprint density at radius 2 is 1.91 bits per heavy atom. The molecule has 2 aromatic carbocycles. The van der Waals surface area contributed by atoms with Gasteiger partial charge in [-0.3, -0.25) is 9.48 Å². The normalized spacial score (nSPS) is 10.5. The zero-order chi connectivity index (χ0) is 16.2. The summed E-state index contributed by atoms with van der Waals surface area (Å²) in [5, 5.41) is 8.74. The lowest BCUT2D eigenvalue weighted by Crippen LogP contribution is -2.21. The van der Waals surface area contributed by atoms with Crippen LogP contribution in [0.3, 0.4) is 0 Å². The number of anilines is 1. The van der Waals surface area contributed by atoms with Crippen LogP contribution in [0.4, 0.5) is 5.69 Å². The van der Waals surface area contributed by atoms with E-state index in [1.54, 1.807) is 19.3 Å². The van der Waals surface area contributed by atoms with Crippen molar-refractivity contribution in [3.63, 3.8) is 0 Å². The Hall–Kier alpha value is -3.15. The molecule has 0 radical (unpaired) electrons. The van der Waals surface area contributed by atoms with Gasteiger partial charge in [0.05, 0.1) is 0 Å². The van der Waals surface area contributed by atoms with Crippen molar-refractivity contribution in [1.29, 1.82) is 0 Å². The molecule has 0 saturated heterocycles. The summed E-state index contributed by atoms with van der Waals surface area (Å²) in [7, 11) is 1.70. The third-order valence-electron chi connectivity index (χ3n) is 3.29. The molecule has 0 spiro atoms. The van der Waals surface area contributed by atoms with E-state index in [0.29, 0.717) is 5.69 Å². The van der Waals surface area contributed by atoms with Crippen molar-refractivity contribution in [2.24, 2.45) is 7.05 Å². The highest BCUT2D eigenvalue weighted by Crippen LogP contribution is 2.18. The number of nitrogens with one attached hydrogen (secondary N) is 1. The number of benzene rings is 2. The average molecular weight is 309 g/mol. The van der Waals surface area contributed by atoms with Gasteiger partial charge in [-0.15, -0.1) is 0 Å². The van der Waals surface area contributed by atoms with Crippen LogP contribution < -0.4 is 5.32 Å². The van der Waals surface area contributed by atoms with E-state index in [-0.39, 0.29) is 12.3 Å². The monoisotopic (exact) mass is 309 g/mol. The number of aromatic nitrogens is 2. The van der Waals surface area contributed by atoms with Crippen LogP contribution in [0, 0.1) is 0 Å². The highest BCUT2D eigenvalue weighted by molar-refractivity contribution is 5.96. The number of hydrogen-bond acceptors (Lipinski definition) is 4. The van der Waals surface area contributed by atoms with Crippen LogP contribution in [0.25, 0.3) is 10.8 Å². The van der Waals surface area contributed by atoms with Crippen LogP contribution in [0.5, 0.6) is 0 Å². The SMILES string of the molecule is Cn1ccc(C(=O)OCC(=O)Nc2ccc3ccccc3c2)n1. The summed E-state index contributed by atoms with van der Waals surface area (Å²) in [6.07, 6.45) is 1.63. The molecule has 1 amide bonds. The van der Waals surface area contributed by atoms with Crippen LogP contribution in [0.2, 0.25) is 0 Å². The van der Waals surface area contributed by atoms with Gasteiger partial charge in [-0.25, -0.2) is 4.79 Å². The van der Waals surface area contributed by atoms with Gasteiger partial charge in [0, 0.05) is 18.9 Å². The minimum absolute atomic E-state index is 0.172. The predicted molar refractivity (Wildman–Crippen MR) is 86.1 cm³/mol. The molecule has 6 heteroatoms. The molecular weight excluding hydrogens is 294 g/mol. The maximum absolute atomic E-state index is 11.9. The molecule has 0 atom stereocenters. The molecule has 0 aliphatic rings. The highest BCUT2D eigenvalue weighted by atomic mass is 16.5. The van der Waals surface area contributed by atoms with E-state index in [1.807, 2.05) is 36.4 Å². The maximum atomic E-state index is 11.9. The Balaban J connectivity index is 1.59. The summed E-state index contributed by atoms with van der Waals surface area (Å²) < 4.78 is 6.43. The van der Waals surface area contributed by atoms with E-state index in [2.05, 4.69) is 10.4 Å². The molecule has 1 aromatic heterocycles. The van der Waals surface area contributed by atoms with Gasteiger partial charge in [0.1, 0.15) is 0 Å². The topological polar surface area (TPSA) is 73.2 Å². The van der Waals surface area contributed by atoms with Gasteiger partial charge < -0.3 is 10.1 Å².